The molecule has 0 bridgehead atoms. The van der Waals surface area contributed by atoms with E-state index < -0.39 is 0 Å². The number of nitrogens with zero attached hydrogens (tertiary/aromatic N) is 3. The lowest BCUT2D eigenvalue weighted by atomic mass is 9.92. The Morgan fingerprint density at radius 3 is 2.73 bits per heavy atom. The van der Waals surface area contributed by atoms with Gasteiger partial charge in [0.25, 0.3) is 0 Å². The van der Waals surface area contributed by atoms with Gasteiger partial charge in [-0.1, -0.05) is 12.8 Å². The molecule has 6 nitrogen and oxygen atoms in total. The highest BCUT2D eigenvalue weighted by molar-refractivity contribution is 5.37. The molecule has 2 N–H and O–H groups in total. The van der Waals surface area contributed by atoms with E-state index in [0.717, 1.165) is 69.9 Å². The molecule has 0 spiro atoms. The average Bonchev–Trinajstić information content (AvgIpc) is 2.86. The van der Waals surface area contributed by atoms with Gasteiger partial charge in [-0.3, -0.25) is 0 Å². The van der Waals surface area contributed by atoms with E-state index in [2.05, 4.69) is 21.4 Å². The van der Waals surface area contributed by atoms with Crippen LogP contribution in [0.3, 0.4) is 0 Å². The van der Waals surface area contributed by atoms with Crippen LogP contribution in [0.1, 0.15) is 69.0 Å². The number of aliphatic hydroxyl groups excluding tert-OH is 1. The van der Waals surface area contributed by atoms with Crippen molar-refractivity contribution in [3.05, 3.63) is 17.5 Å². The van der Waals surface area contributed by atoms with Gasteiger partial charge in [0.15, 0.2) is 0 Å². The van der Waals surface area contributed by atoms with E-state index >= 15 is 0 Å². The first-order chi connectivity index (χ1) is 12.7. The molecule has 2 aliphatic rings. The molecule has 1 aromatic rings. The number of nitriles is 1. The van der Waals surface area contributed by atoms with Crippen molar-refractivity contribution >= 4 is 5.95 Å². The molecule has 0 aromatic carbocycles. The minimum absolute atomic E-state index is 0.219. The highest BCUT2D eigenvalue weighted by atomic mass is 16.5. The second-order valence-corrected chi connectivity index (χ2v) is 7.76. The largest absolute Gasteiger partial charge is 0.393 e. The van der Waals surface area contributed by atoms with Gasteiger partial charge in [-0.2, -0.15) is 5.26 Å². The fraction of sp³-hybridized carbons (Fsp3) is 0.750. The van der Waals surface area contributed by atoms with E-state index in [1.54, 1.807) is 13.3 Å². The number of hydrogen-bond acceptors (Lipinski definition) is 6. The van der Waals surface area contributed by atoms with Crippen LogP contribution in [0.2, 0.25) is 0 Å². The zero-order valence-corrected chi connectivity index (χ0v) is 15.7. The van der Waals surface area contributed by atoms with E-state index in [-0.39, 0.29) is 6.10 Å². The standard InChI is InChI=1S/C20H30N4O2/c1-26-18-8-6-16(7-9-18)23-20-22-13-15(12-21)19(24-20)11-14-4-2-3-5-17(25)10-14/h13-14,16-18,25H,2-11H2,1H3,(H,22,23,24)/t14-,16?,17-,18?/m1/s1. The van der Waals surface area contributed by atoms with Crippen LogP contribution >= 0.6 is 0 Å². The first kappa shape index (κ1) is 19.1. The Labute approximate surface area is 156 Å². The molecule has 1 heterocycles. The van der Waals surface area contributed by atoms with E-state index in [4.69, 9.17) is 4.74 Å². The molecule has 26 heavy (non-hydrogen) atoms. The molecule has 0 unspecified atom stereocenters. The number of hydrogen-bond donors (Lipinski definition) is 2. The first-order valence-electron chi connectivity index (χ1n) is 9.91. The van der Waals surface area contributed by atoms with Crippen molar-refractivity contribution in [2.45, 2.75) is 82.5 Å². The van der Waals surface area contributed by atoms with E-state index in [0.29, 0.717) is 29.6 Å². The summed E-state index contributed by atoms with van der Waals surface area (Å²) in [6.45, 7) is 0. The summed E-state index contributed by atoms with van der Waals surface area (Å²) in [6, 6.07) is 2.59. The maximum absolute atomic E-state index is 10.1. The minimum Gasteiger partial charge on any atom is -0.393 e. The third kappa shape index (κ3) is 5.15. The van der Waals surface area contributed by atoms with Crippen LogP contribution in [0.4, 0.5) is 5.95 Å². The van der Waals surface area contributed by atoms with Gasteiger partial charge in [0, 0.05) is 13.2 Å². The summed E-state index contributed by atoms with van der Waals surface area (Å²) in [5, 5.41) is 22.9. The molecule has 2 aliphatic carbocycles. The second kappa shape index (κ2) is 9.29. The van der Waals surface area contributed by atoms with Crippen LogP contribution in [-0.4, -0.2) is 40.4 Å². The number of ether oxygens (including phenoxy) is 1. The summed E-state index contributed by atoms with van der Waals surface area (Å²) in [5.41, 5.74) is 1.37. The van der Waals surface area contributed by atoms with Crippen LogP contribution in [0.15, 0.2) is 6.20 Å². The summed E-state index contributed by atoms with van der Waals surface area (Å²) in [7, 11) is 1.78. The Morgan fingerprint density at radius 2 is 2.00 bits per heavy atom. The van der Waals surface area contributed by atoms with Gasteiger partial charge in [-0.15, -0.1) is 0 Å². The van der Waals surface area contributed by atoms with Crippen molar-refractivity contribution in [3.8, 4) is 6.07 Å². The smallest absolute Gasteiger partial charge is 0.223 e. The Balaban J connectivity index is 1.65. The molecule has 3 rings (SSSR count). The van der Waals surface area contributed by atoms with Gasteiger partial charge >= 0.3 is 0 Å². The first-order valence-corrected chi connectivity index (χ1v) is 9.91. The van der Waals surface area contributed by atoms with Crippen LogP contribution < -0.4 is 5.32 Å². The lowest BCUT2D eigenvalue weighted by molar-refractivity contribution is 0.0681. The average molecular weight is 358 g/mol. The molecule has 0 amide bonds. The van der Waals surface area contributed by atoms with Crippen LogP contribution in [0.5, 0.6) is 0 Å². The third-order valence-electron chi connectivity index (χ3n) is 5.82. The van der Waals surface area contributed by atoms with Crippen LogP contribution in [0, 0.1) is 17.2 Å². The molecule has 2 saturated carbocycles. The highest BCUT2D eigenvalue weighted by Crippen LogP contribution is 2.27. The number of anilines is 1. The maximum Gasteiger partial charge on any atom is 0.223 e. The van der Waals surface area contributed by atoms with Gasteiger partial charge in [0.1, 0.15) is 6.07 Å². The third-order valence-corrected chi connectivity index (χ3v) is 5.82. The SMILES string of the molecule is COC1CCC(Nc2ncc(C#N)c(C[C@@H]3CCCC[C@@H](O)C3)n2)CC1. The lowest BCUT2D eigenvalue weighted by Gasteiger charge is -2.28. The summed E-state index contributed by atoms with van der Waals surface area (Å²) >= 11 is 0. The predicted molar refractivity (Wildman–Crippen MR) is 99.7 cm³/mol. The van der Waals surface area contributed by atoms with Crippen LogP contribution in [-0.2, 0) is 11.2 Å². The van der Waals surface area contributed by atoms with Crippen molar-refractivity contribution in [2.75, 3.05) is 12.4 Å². The highest BCUT2D eigenvalue weighted by Gasteiger charge is 2.23. The predicted octanol–water partition coefficient (Wildman–Crippen LogP) is 3.20. The van der Waals surface area contributed by atoms with Gasteiger partial charge < -0.3 is 15.2 Å². The maximum atomic E-state index is 10.1. The molecule has 2 fully saturated rings. The van der Waals surface area contributed by atoms with Crippen LogP contribution in [0.25, 0.3) is 0 Å². The Bertz CT molecular complexity index is 623. The van der Waals surface area contributed by atoms with Crippen molar-refractivity contribution in [1.82, 2.24) is 9.97 Å². The van der Waals surface area contributed by atoms with E-state index in [1.807, 2.05) is 0 Å². The summed E-state index contributed by atoms with van der Waals surface area (Å²) in [5.74, 6) is 1.01. The lowest BCUT2D eigenvalue weighted by Crippen LogP contribution is -2.30. The zero-order chi connectivity index (χ0) is 18.4. The molecule has 0 aliphatic heterocycles. The number of methoxy groups -OCH3 is 1. The topological polar surface area (TPSA) is 91.1 Å². The number of aliphatic hydroxyl groups is 1. The normalized spacial score (nSPS) is 29.6. The van der Waals surface area contributed by atoms with Crippen molar-refractivity contribution in [2.24, 2.45) is 5.92 Å². The Hall–Kier alpha value is -1.71. The van der Waals surface area contributed by atoms with Gasteiger partial charge in [0.2, 0.25) is 5.95 Å². The molecule has 0 radical (unpaired) electrons. The molecule has 142 valence electrons. The molecule has 0 saturated heterocycles. The summed E-state index contributed by atoms with van der Waals surface area (Å²) in [6.07, 6.45) is 11.7. The van der Waals surface area contributed by atoms with Crippen molar-refractivity contribution < 1.29 is 9.84 Å². The molecule has 6 heteroatoms. The molecular formula is C20H30N4O2. The number of aromatic nitrogens is 2. The van der Waals surface area contributed by atoms with Gasteiger partial charge in [-0.25, -0.2) is 9.97 Å². The van der Waals surface area contributed by atoms with Gasteiger partial charge in [0.05, 0.1) is 29.7 Å². The molecule has 1 aromatic heterocycles. The fourth-order valence-electron chi connectivity index (χ4n) is 4.25. The second-order valence-electron chi connectivity index (χ2n) is 7.76. The summed E-state index contributed by atoms with van der Waals surface area (Å²) in [4.78, 5) is 9.01. The van der Waals surface area contributed by atoms with E-state index in [1.165, 1.54) is 0 Å². The quantitative estimate of drug-likeness (QED) is 0.786. The molecular weight excluding hydrogens is 328 g/mol. The number of nitrogens with one attached hydrogen (secondary N) is 1. The van der Waals surface area contributed by atoms with Gasteiger partial charge in [-0.05, 0) is 57.3 Å². The number of rotatable bonds is 5. The zero-order valence-electron chi connectivity index (χ0n) is 15.7. The minimum atomic E-state index is -0.219. The van der Waals surface area contributed by atoms with Crippen molar-refractivity contribution in [1.29, 1.82) is 5.26 Å². The van der Waals surface area contributed by atoms with Crippen molar-refractivity contribution in [3.63, 3.8) is 0 Å². The fourth-order valence-corrected chi connectivity index (χ4v) is 4.25. The Morgan fingerprint density at radius 1 is 1.23 bits per heavy atom. The van der Waals surface area contributed by atoms with E-state index in [9.17, 15) is 10.4 Å². The summed E-state index contributed by atoms with van der Waals surface area (Å²) < 4.78 is 5.43. The Kier molecular flexibility index (Phi) is 6.81. The monoisotopic (exact) mass is 358 g/mol. The molecule has 2 atom stereocenters.